The predicted octanol–water partition coefficient (Wildman–Crippen LogP) is 2.28. The Bertz CT molecular complexity index is 481. The molecule has 104 valence electrons. The lowest BCUT2D eigenvalue weighted by atomic mass is 9.78. The van der Waals surface area contributed by atoms with E-state index in [4.69, 9.17) is 0 Å². The number of aromatic nitrogens is 2. The van der Waals surface area contributed by atoms with E-state index >= 15 is 0 Å². The number of likely N-dealkylation sites (tertiary alicyclic amines) is 1. The zero-order chi connectivity index (χ0) is 14.2. The summed E-state index contributed by atoms with van der Waals surface area (Å²) in [4.78, 5) is 33.5. The van der Waals surface area contributed by atoms with Gasteiger partial charge in [-0.25, -0.2) is 4.98 Å². The van der Waals surface area contributed by atoms with E-state index in [1.54, 1.807) is 12.4 Å². The van der Waals surface area contributed by atoms with E-state index in [0.717, 1.165) is 0 Å². The Hall–Kier alpha value is -1.65. The lowest BCUT2D eigenvalue weighted by molar-refractivity contribution is -0.145. The average molecular weight is 263 g/mol. The van der Waals surface area contributed by atoms with E-state index in [9.17, 15) is 9.59 Å². The summed E-state index contributed by atoms with van der Waals surface area (Å²) in [5.41, 5.74) is -0.586. The molecule has 0 bridgehead atoms. The molecule has 1 aliphatic heterocycles. The summed E-state index contributed by atoms with van der Waals surface area (Å²) in [5, 5.41) is 0. The number of imide groups is 1. The molecule has 2 atom stereocenters. The van der Waals surface area contributed by atoms with Gasteiger partial charge in [-0.3, -0.25) is 14.5 Å². The molecule has 0 radical (unpaired) electrons. The molecule has 0 aromatic carbocycles. The van der Waals surface area contributed by atoms with Crippen molar-refractivity contribution in [3.8, 4) is 0 Å². The van der Waals surface area contributed by atoms with E-state index < -0.39 is 5.41 Å². The summed E-state index contributed by atoms with van der Waals surface area (Å²) in [6.45, 7) is 7.82. The second-order valence-electron chi connectivity index (χ2n) is 5.72. The molecule has 2 rings (SSSR count). The van der Waals surface area contributed by atoms with Crippen molar-refractivity contribution in [3.63, 3.8) is 0 Å². The quantitative estimate of drug-likeness (QED) is 0.847. The Morgan fingerprint density at radius 1 is 1.47 bits per heavy atom. The maximum Gasteiger partial charge on any atom is 0.236 e. The van der Waals surface area contributed by atoms with E-state index in [-0.39, 0.29) is 23.8 Å². The molecule has 1 aromatic heterocycles. The maximum absolute atomic E-state index is 12.6. The minimum absolute atomic E-state index is 0.0734. The third kappa shape index (κ3) is 2.07. The molecule has 2 amide bonds. The number of hydrogen-bond donors (Lipinski definition) is 1. The Balaban J connectivity index is 2.35. The van der Waals surface area contributed by atoms with Gasteiger partial charge in [-0.2, -0.15) is 0 Å². The van der Waals surface area contributed by atoms with Crippen molar-refractivity contribution in [2.75, 3.05) is 0 Å². The third-order valence-electron chi connectivity index (χ3n) is 4.30. The van der Waals surface area contributed by atoms with Crippen LogP contribution in [-0.2, 0) is 9.59 Å². The first-order valence-corrected chi connectivity index (χ1v) is 6.77. The molecule has 1 aliphatic rings. The highest BCUT2D eigenvalue weighted by Crippen LogP contribution is 2.42. The summed E-state index contributed by atoms with van der Waals surface area (Å²) < 4.78 is 0. The van der Waals surface area contributed by atoms with Gasteiger partial charge in [0.1, 0.15) is 5.82 Å². The monoisotopic (exact) mass is 263 g/mol. The molecule has 19 heavy (non-hydrogen) atoms. The van der Waals surface area contributed by atoms with Crippen LogP contribution in [0.15, 0.2) is 12.4 Å². The minimum Gasteiger partial charge on any atom is -0.347 e. The minimum atomic E-state index is -0.586. The average Bonchev–Trinajstić information content (AvgIpc) is 2.94. The summed E-state index contributed by atoms with van der Waals surface area (Å²) in [6, 6.07) is -0.282. The number of aromatic amines is 1. The first-order chi connectivity index (χ1) is 8.91. The molecule has 1 fully saturated rings. The summed E-state index contributed by atoms with van der Waals surface area (Å²) in [7, 11) is 0. The third-order valence-corrected chi connectivity index (χ3v) is 4.30. The van der Waals surface area contributed by atoms with Crippen molar-refractivity contribution in [2.24, 2.45) is 11.3 Å². The second-order valence-corrected chi connectivity index (χ2v) is 5.72. The highest BCUT2D eigenvalue weighted by molar-refractivity contribution is 6.06. The van der Waals surface area contributed by atoms with Crippen LogP contribution in [0.3, 0.4) is 0 Å². The number of rotatable bonds is 4. The van der Waals surface area contributed by atoms with Gasteiger partial charge in [0.05, 0.1) is 11.5 Å². The van der Waals surface area contributed by atoms with Crippen LogP contribution in [0.5, 0.6) is 0 Å². The van der Waals surface area contributed by atoms with Crippen molar-refractivity contribution >= 4 is 11.8 Å². The Kier molecular flexibility index (Phi) is 3.47. The van der Waals surface area contributed by atoms with Crippen LogP contribution >= 0.6 is 0 Å². The SMILES string of the molecule is CCC(c1ncc[nH]1)N1C(=O)CC(C)(C(C)C)C1=O. The molecule has 1 saturated heterocycles. The fourth-order valence-electron chi connectivity index (χ4n) is 2.59. The molecule has 0 aliphatic carbocycles. The highest BCUT2D eigenvalue weighted by Gasteiger charge is 2.52. The second kappa shape index (κ2) is 4.79. The number of hydrogen-bond acceptors (Lipinski definition) is 3. The van der Waals surface area contributed by atoms with Crippen LogP contribution in [0.25, 0.3) is 0 Å². The molecule has 5 heteroatoms. The van der Waals surface area contributed by atoms with Crippen molar-refractivity contribution in [3.05, 3.63) is 18.2 Å². The van der Waals surface area contributed by atoms with Crippen molar-refractivity contribution in [2.45, 2.75) is 46.6 Å². The molecule has 0 spiro atoms. The number of imidazole rings is 1. The van der Waals surface area contributed by atoms with Crippen LogP contribution in [0.2, 0.25) is 0 Å². The van der Waals surface area contributed by atoms with Gasteiger partial charge in [-0.1, -0.05) is 20.8 Å². The van der Waals surface area contributed by atoms with Crippen molar-refractivity contribution in [1.82, 2.24) is 14.9 Å². The lowest BCUT2D eigenvalue weighted by Crippen LogP contribution is -2.39. The number of carbonyl (C=O) groups is 2. The highest BCUT2D eigenvalue weighted by atomic mass is 16.2. The van der Waals surface area contributed by atoms with Crippen molar-refractivity contribution in [1.29, 1.82) is 0 Å². The molecule has 1 N–H and O–H groups in total. The molecule has 2 unspecified atom stereocenters. The fraction of sp³-hybridized carbons (Fsp3) is 0.643. The number of amides is 2. The molecular weight excluding hydrogens is 242 g/mol. The number of nitrogens with one attached hydrogen (secondary N) is 1. The first kappa shape index (κ1) is 13.8. The largest absolute Gasteiger partial charge is 0.347 e. The van der Waals surface area contributed by atoms with Crippen LogP contribution in [-0.4, -0.2) is 26.7 Å². The van der Waals surface area contributed by atoms with Gasteiger partial charge in [0.25, 0.3) is 0 Å². The Morgan fingerprint density at radius 2 is 2.16 bits per heavy atom. The van der Waals surface area contributed by atoms with Crippen LogP contribution in [0.4, 0.5) is 0 Å². The summed E-state index contributed by atoms with van der Waals surface area (Å²) in [5.74, 6) is 0.653. The zero-order valence-corrected chi connectivity index (χ0v) is 11.9. The normalized spacial score (nSPS) is 25.4. The first-order valence-electron chi connectivity index (χ1n) is 6.77. The van der Waals surface area contributed by atoms with Gasteiger partial charge in [-0.05, 0) is 19.3 Å². The lowest BCUT2D eigenvalue weighted by Gasteiger charge is -2.29. The molecule has 2 heterocycles. The van der Waals surface area contributed by atoms with Gasteiger partial charge in [0.2, 0.25) is 11.8 Å². The van der Waals surface area contributed by atoms with E-state index in [0.29, 0.717) is 18.7 Å². The van der Waals surface area contributed by atoms with Gasteiger partial charge in [0, 0.05) is 18.8 Å². The predicted molar refractivity (Wildman–Crippen MR) is 71.0 cm³/mol. The zero-order valence-electron chi connectivity index (χ0n) is 11.9. The van der Waals surface area contributed by atoms with Gasteiger partial charge in [-0.15, -0.1) is 0 Å². The Labute approximate surface area is 113 Å². The van der Waals surface area contributed by atoms with Gasteiger partial charge >= 0.3 is 0 Å². The van der Waals surface area contributed by atoms with Crippen LogP contribution < -0.4 is 0 Å². The molecule has 5 nitrogen and oxygen atoms in total. The van der Waals surface area contributed by atoms with Gasteiger partial charge < -0.3 is 4.98 Å². The van der Waals surface area contributed by atoms with E-state index in [1.807, 2.05) is 27.7 Å². The van der Waals surface area contributed by atoms with E-state index in [1.165, 1.54) is 4.90 Å². The van der Waals surface area contributed by atoms with E-state index in [2.05, 4.69) is 9.97 Å². The standard InChI is InChI=1S/C14H21N3O2/c1-5-10(12-15-6-7-16-12)17-11(18)8-14(4,9(2)3)13(17)19/h6-7,9-10H,5,8H2,1-4H3,(H,15,16). The molecule has 0 saturated carbocycles. The molecule has 1 aromatic rings. The number of H-pyrrole nitrogens is 1. The summed E-state index contributed by atoms with van der Waals surface area (Å²) in [6.07, 6.45) is 4.31. The number of nitrogens with zero attached hydrogens (tertiary/aromatic N) is 2. The fourth-order valence-corrected chi connectivity index (χ4v) is 2.59. The van der Waals surface area contributed by atoms with Crippen LogP contribution in [0.1, 0.15) is 52.4 Å². The topological polar surface area (TPSA) is 66.1 Å². The maximum atomic E-state index is 12.6. The van der Waals surface area contributed by atoms with Crippen molar-refractivity contribution < 1.29 is 9.59 Å². The summed E-state index contributed by atoms with van der Waals surface area (Å²) >= 11 is 0. The van der Waals surface area contributed by atoms with Gasteiger partial charge in [0.15, 0.2) is 0 Å². The molecular formula is C14H21N3O2. The Morgan fingerprint density at radius 3 is 2.58 bits per heavy atom. The number of carbonyl (C=O) groups excluding carboxylic acids is 2. The smallest absolute Gasteiger partial charge is 0.236 e. The van der Waals surface area contributed by atoms with Crippen LogP contribution in [0, 0.1) is 11.3 Å².